The Hall–Kier alpha value is -1.25. The van der Waals surface area contributed by atoms with Gasteiger partial charge in [-0.25, -0.2) is 0 Å². The summed E-state index contributed by atoms with van der Waals surface area (Å²) in [5.74, 6) is 0.711. The molecule has 0 aliphatic heterocycles. The summed E-state index contributed by atoms with van der Waals surface area (Å²) in [4.78, 5) is 0. The Balaban J connectivity index is 2.41. The molecule has 0 saturated heterocycles. The number of furan rings is 1. The fraction of sp³-hybridized carbons (Fsp3) is 0.333. The summed E-state index contributed by atoms with van der Waals surface area (Å²) in [6.07, 6.45) is 1.96. The summed E-state index contributed by atoms with van der Waals surface area (Å²) >= 11 is 5.80. The van der Waals surface area contributed by atoms with Gasteiger partial charge in [-0.15, -0.1) is 0 Å². The van der Waals surface area contributed by atoms with E-state index in [4.69, 9.17) is 21.8 Å². The number of rotatable bonds is 4. The molecule has 96 valence electrons. The minimum atomic E-state index is -0.251. The highest BCUT2D eigenvalue weighted by Gasteiger charge is 2.16. The lowest BCUT2D eigenvalue weighted by molar-refractivity contribution is 0.490. The van der Waals surface area contributed by atoms with Gasteiger partial charge in [-0.1, -0.05) is 32.0 Å². The van der Waals surface area contributed by atoms with Crippen molar-refractivity contribution in [2.75, 3.05) is 0 Å². The van der Waals surface area contributed by atoms with Crippen LogP contribution in [0.2, 0.25) is 5.22 Å². The van der Waals surface area contributed by atoms with Crippen LogP contribution in [0.1, 0.15) is 42.3 Å². The van der Waals surface area contributed by atoms with Crippen molar-refractivity contribution in [1.29, 1.82) is 0 Å². The fourth-order valence-electron chi connectivity index (χ4n) is 2.12. The van der Waals surface area contributed by atoms with Gasteiger partial charge in [0, 0.05) is 0 Å². The largest absolute Gasteiger partial charge is 0.448 e. The number of aryl methyl sites for hydroxylation is 2. The van der Waals surface area contributed by atoms with Crippen molar-refractivity contribution in [2.24, 2.45) is 5.73 Å². The number of hydrogen-bond donors (Lipinski definition) is 1. The predicted octanol–water partition coefficient (Wildman–Crippen LogP) is 4.11. The molecule has 0 bridgehead atoms. The van der Waals surface area contributed by atoms with E-state index in [0.717, 1.165) is 18.4 Å². The number of nitrogens with two attached hydrogens (primary N) is 1. The Labute approximate surface area is 113 Å². The second-order valence-corrected chi connectivity index (χ2v) is 4.73. The molecular formula is C15H18ClNO. The van der Waals surface area contributed by atoms with Crippen LogP contribution in [0.25, 0.3) is 0 Å². The minimum Gasteiger partial charge on any atom is -0.448 e. The Bertz CT molecular complexity index is 533. The molecule has 2 N–H and O–H groups in total. The Morgan fingerprint density at radius 2 is 1.94 bits per heavy atom. The van der Waals surface area contributed by atoms with E-state index in [1.165, 1.54) is 11.1 Å². The maximum atomic E-state index is 6.28. The molecular weight excluding hydrogens is 246 g/mol. The van der Waals surface area contributed by atoms with Crippen molar-refractivity contribution in [2.45, 2.75) is 32.7 Å². The third kappa shape index (κ3) is 2.60. The summed E-state index contributed by atoms with van der Waals surface area (Å²) < 4.78 is 5.41. The maximum absolute atomic E-state index is 6.28. The molecule has 1 atom stereocenters. The summed E-state index contributed by atoms with van der Waals surface area (Å²) in [6, 6.07) is 9.79. The van der Waals surface area contributed by atoms with Crippen LogP contribution in [-0.4, -0.2) is 0 Å². The van der Waals surface area contributed by atoms with Gasteiger partial charge in [0.2, 0.25) is 0 Å². The van der Waals surface area contributed by atoms with Crippen LogP contribution in [0.3, 0.4) is 0 Å². The lowest BCUT2D eigenvalue weighted by Crippen LogP contribution is -2.13. The third-order valence-electron chi connectivity index (χ3n) is 3.24. The van der Waals surface area contributed by atoms with Gasteiger partial charge in [-0.05, 0) is 53.3 Å². The van der Waals surface area contributed by atoms with Gasteiger partial charge >= 0.3 is 0 Å². The van der Waals surface area contributed by atoms with E-state index >= 15 is 0 Å². The molecule has 0 spiro atoms. The van der Waals surface area contributed by atoms with Crippen molar-refractivity contribution >= 4 is 11.6 Å². The standard InChI is InChI=1S/C15H18ClNO/c1-3-10-5-6-11(4-2)12(9-10)15(17)13-7-8-14(16)18-13/h5-9,15H,3-4,17H2,1-2H3. The molecule has 0 aliphatic rings. The van der Waals surface area contributed by atoms with E-state index in [2.05, 4.69) is 32.0 Å². The molecule has 0 radical (unpaired) electrons. The quantitative estimate of drug-likeness (QED) is 0.902. The molecule has 1 aromatic carbocycles. The number of hydrogen-bond acceptors (Lipinski definition) is 2. The fourth-order valence-corrected chi connectivity index (χ4v) is 2.28. The van der Waals surface area contributed by atoms with Gasteiger partial charge in [0.25, 0.3) is 0 Å². The van der Waals surface area contributed by atoms with Crippen LogP contribution in [-0.2, 0) is 12.8 Å². The molecule has 18 heavy (non-hydrogen) atoms. The van der Waals surface area contributed by atoms with E-state index in [-0.39, 0.29) is 6.04 Å². The minimum absolute atomic E-state index is 0.251. The van der Waals surface area contributed by atoms with Crippen molar-refractivity contribution in [3.05, 3.63) is 58.0 Å². The first-order valence-electron chi connectivity index (χ1n) is 6.28. The average Bonchev–Trinajstić information content (AvgIpc) is 2.83. The van der Waals surface area contributed by atoms with Gasteiger partial charge in [-0.2, -0.15) is 0 Å². The monoisotopic (exact) mass is 263 g/mol. The van der Waals surface area contributed by atoms with Gasteiger partial charge in [0.1, 0.15) is 5.76 Å². The molecule has 1 aromatic heterocycles. The highest BCUT2D eigenvalue weighted by Crippen LogP contribution is 2.27. The van der Waals surface area contributed by atoms with Crippen LogP contribution < -0.4 is 5.73 Å². The molecule has 1 heterocycles. The molecule has 0 amide bonds. The van der Waals surface area contributed by atoms with Crippen molar-refractivity contribution in [3.63, 3.8) is 0 Å². The molecule has 2 aromatic rings. The van der Waals surface area contributed by atoms with Crippen LogP contribution in [0.5, 0.6) is 0 Å². The van der Waals surface area contributed by atoms with Crippen LogP contribution >= 0.6 is 11.6 Å². The normalized spacial score (nSPS) is 12.7. The van der Waals surface area contributed by atoms with Gasteiger partial charge < -0.3 is 10.2 Å². The second-order valence-electron chi connectivity index (χ2n) is 4.36. The topological polar surface area (TPSA) is 39.2 Å². The molecule has 0 saturated carbocycles. The summed E-state index contributed by atoms with van der Waals surface area (Å²) in [7, 11) is 0. The van der Waals surface area contributed by atoms with Crippen molar-refractivity contribution in [3.8, 4) is 0 Å². The van der Waals surface area contributed by atoms with Crippen LogP contribution in [0.15, 0.2) is 34.7 Å². The average molecular weight is 264 g/mol. The first-order chi connectivity index (χ1) is 8.65. The second kappa shape index (κ2) is 5.59. The van der Waals surface area contributed by atoms with E-state index < -0.39 is 0 Å². The maximum Gasteiger partial charge on any atom is 0.193 e. The van der Waals surface area contributed by atoms with Crippen molar-refractivity contribution < 1.29 is 4.42 Å². The van der Waals surface area contributed by atoms with Gasteiger partial charge in [0.15, 0.2) is 5.22 Å². The van der Waals surface area contributed by atoms with Crippen molar-refractivity contribution in [1.82, 2.24) is 0 Å². The first kappa shape index (κ1) is 13.2. The zero-order valence-electron chi connectivity index (χ0n) is 10.7. The number of halogens is 1. The molecule has 1 unspecified atom stereocenters. The summed E-state index contributed by atoms with van der Waals surface area (Å²) in [5.41, 5.74) is 9.95. The lowest BCUT2D eigenvalue weighted by Gasteiger charge is -2.15. The summed E-state index contributed by atoms with van der Waals surface area (Å²) in [5, 5.41) is 0.380. The molecule has 2 rings (SSSR count). The molecule has 0 aliphatic carbocycles. The smallest absolute Gasteiger partial charge is 0.193 e. The third-order valence-corrected chi connectivity index (χ3v) is 3.44. The molecule has 3 heteroatoms. The van der Waals surface area contributed by atoms with E-state index in [0.29, 0.717) is 11.0 Å². The van der Waals surface area contributed by atoms with Gasteiger partial charge in [0.05, 0.1) is 6.04 Å². The zero-order chi connectivity index (χ0) is 13.1. The SMILES string of the molecule is CCc1ccc(CC)c(C(N)c2ccc(Cl)o2)c1. The predicted molar refractivity (Wildman–Crippen MR) is 74.9 cm³/mol. The Kier molecular flexibility index (Phi) is 4.10. The Morgan fingerprint density at radius 3 is 2.50 bits per heavy atom. The zero-order valence-corrected chi connectivity index (χ0v) is 11.5. The number of benzene rings is 1. The highest BCUT2D eigenvalue weighted by molar-refractivity contribution is 6.28. The lowest BCUT2D eigenvalue weighted by atomic mass is 9.94. The first-order valence-corrected chi connectivity index (χ1v) is 6.66. The Morgan fingerprint density at radius 1 is 1.17 bits per heavy atom. The van der Waals surface area contributed by atoms with E-state index in [1.807, 2.05) is 6.07 Å². The summed E-state index contributed by atoms with van der Waals surface area (Å²) in [6.45, 7) is 4.27. The van der Waals surface area contributed by atoms with Crippen LogP contribution in [0.4, 0.5) is 0 Å². The highest BCUT2D eigenvalue weighted by atomic mass is 35.5. The van der Waals surface area contributed by atoms with Gasteiger partial charge in [-0.3, -0.25) is 0 Å². The van der Waals surface area contributed by atoms with E-state index in [1.54, 1.807) is 6.07 Å². The van der Waals surface area contributed by atoms with E-state index in [9.17, 15) is 0 Å². The molecule has 2 nitrogen and oxygen atoms in total. The van der Waals surface area contributed by atoms with Crippen LogP contribution in [0, 0.1) is 0 Å². The molecule has 0 fully saturated rings.